The van der Waals surface area contributed by atoms with Crippen molar-refractivity contribution >= 4 is 5.82 Å². The fourth-order valence-corrected chi connectivity index (χ4v) is 2.82. The van der Waals surface area contributed by atoms with Crippen molar-refractivity contribution in [3.63, 3.8) is 0 Å². The van der Waals surface area contributed by atoms with Gasteiger partial charge < -0.3 is 19.6 Å². The van der Waals surface area contributed by atoms with Gasteiger partial charge >= 0.3 is 18.0 Å². The number of hydrogen-bond acceptors (Lipinski definition) is 7. The number of hydrogen-bond donors (Lipinski definition) is 0. The van der Waals surface area contributed by atoms with Crippen molar-refractivity contribution in [1.29, 1.82) is 0 Å². The van der Waals surface area contributed by atoms with Crippen LogP contribution in [0.5, 0.6) is 6.01 Å². The molecule has 0 saturated carbocycles. The number of halogens is 3. The lowest BCUT2D eigenvalue weighted by Crippen LogP contribution is -2.32. The van der Waals surface area contributed by atoms with E-state index in [0.29, 0.717) is 12.2 Å². The van der Waals surface area contributed by atoms with Crippen LogP contribution in [0.2, 0.25) is 0 Å². The summed E-state index contributed by atoms with van der Waals surface area (Å²) >= 11 is 0. The molecule has 164 valence electrons. The minimum Gasteiger partial charge on any atom is -0.443 e. The molecule has 1 atom stereocenters. The van der Waals surface area contributed by atoms with Crippen molar-refractivity contribution in [3.8, 4) is 17.9 Å². The molecule has 32 heavy (non-hydrogen) atoms. The maximum atomic E-state index is 12.6. The van der Waals surface area contributed by atoms with Crippen molar-refractivity contribution in [2.24, 2.45) is 0 Å². The highest BCUT2D eigenvalue weighted by Gasteiger charge is 2.30. The maximum absolute atomic E-state index is 12.6. The lowest BCUT2D eigenvalue weighted by Gasteiger charge is -2.22. The Hall–Kier alpha value is -3.98. The number of nitro groups is 1. The Kier molecular flexibility index (Phi) is 5.74. The molecule has 1 aliphatic heterocycles. The number of imidazole rings is 1. The molecule has 0 saturated heterocycles. The first-order chi connectivity index (χ1) is 15.3. The van der Waals surface area contributed by atoms with E-state index in [9.17, 15) is 23.3 Å². The molecule has 0 aliphatic carbocycles. The van der Waals surface area contributed by atoms with Gasteiger partial charge in [0.25, 0.3) is 0 Å². The maximum Gasteiger partial charge on any atom is 0.417 e. The van der Waals surface area contributed by atoms with E-state index in [0.717, 1.165) is 17.8 Å². The molecular formula is C20H14F3N5O4. The zero-order valence-electron chi connectivity index (χ0n) is 16.2. The van der Waals surface area contributed by atoms with Gasteiger partial charge in [0.1, 0.15) is 30.3 Å². The molecule has 3 aromatic heterocycles. The first-order valence-corrected chi connectivity index (χ1v) is 9.24. The predicted octanol–water partition coefficient (Wildman–Crippen LogP) is 2.98. The van der Waals surface area contributed by atoms with E-state index in [4.69, 9.17) is 9.47 Å². The Bertz CT molecular complexity index is 1180. The molecule has 4 heterocycles. The summed E-state index contributed by atoms with van der Waals surface area (Å²) in [6.07, 6.45) is -1.16. The van der Waals surface area contributed by atoms with Gasteiger partial charge in [0.05, 0.1) is 18.7 Å². The van der Waals surface area contributed by atoms with Crippen molar-refractivity contribution in [2.75, 3.05) is 6.61 Å². The fourth-order valence-electron chi connectivity index (χ4n) is 2.82. The monoisotopic (exact) mass is 445 g/mol. The van der Waals surface area contributed by atoms with Crippen molar-refractivity contribution in [1.82, 2.24) is 19.5 Å². The van der Waals surface area contributed by atoms with Crippen LogP contribution in [0.3, 0.4) is 0 Å². The summed E-state index contributed by atoms with van der Waals surface area (Å²) in [6, 6.07) is 5.72. The van der Waals surface area contributed by atoms with Crippen molar-refractivity contribution < 1.29 is 27.6 Å². The Morgan fingerprint density at radius 3 is 2.50 bits per heavy atom. The minimum absolute atomic E-state index is 0.184. The van der Waals surface area contributed by atoms with E-state index < -0.39 is 16.7 Å². The third-order valence-corrected chi connectivity index (χ3v) is 4.43. The predicted molar refractivity (Wildman–Crippen MR) is 102 cm³/mol. The van der Waals surface area contributed by atoms with E-state index in [2.05, 4.69) is 26.8 Å². The number of alkyl halides is 3. The molecule has 0 unspecified atom stereocenters. The number of nitrogens with zero attached hydrogens (tertiary/aromatic N) is 5. The largest absolute Gasteiger partial charge is 0.443 e. The number of rotatable bonds is 4. The Labute approximate surface area is 179 Å². The Balaban J connectivity index is 1.32. The van der Waals surface area contributed by atoms with Crippen LogP contribution in [0.4, 0.5) is 19.0 Å². The molecule has 3 aromatic rings. The molecule has 0 radical (unpaired) electrons. The van der Waals surface area contributed by atoms with Crippen LogP contribution in [0, 0.1) is 22.0 Å². The van der Waals surface area contributed by atoms with E-state index in [1.165, 1.54) is 16.8 Å². The van der Waals surface area contributed by atoms with Crippen molar-refractivity contribution in [3.05, 3.63) is 75.5 Å². The molecule has 0 amide bonds. The van der Waals surface area contributed by atoms with Gasteiger partial charge in [-0.25, -0.2) is 9.97 Å². The standard InChI is InChI=1S/C20H14F3N5O4/c21-20(22,23)14-2-4-16(25-8-14)6-5-15-3-1-13(7-24-15)11-31-17-9-27-10-18(28(29)30)26-19(27)32-12-17/h1-4,7-8,10,17H,9,11-12H2/t17-/m0/s1. The fraction of sp³-hybridized carbons (Fsp3) is 0.250. The second-order valence-electron chi connectivity index (χ2n) is 6.77. The van der Waals surface area contributed by atoms with Crippen LogP contribution in [0.1, 0.15) is 22.5 Å². The summed E-state index contributed by atoms with van der Waals surface area (Å²) in [5.41, 5.74) is 0.553. The second-order valence-corrected chi connectivity index (χ2v) is 6.77. The van der Waals surface area contributed by atoms with Gasteiger partial charge in [-0.3, -0.25) is 4.57 Å². The summed E-state index contributed by atoms with van der Waals surface area (Å²) in [7, 11) is 0. The zero-order valence-corrected chi connectivity index (χ0v) is 16.2. The molecule has 0 N–H and O–H groups in total. The second kappa shape index (κ2) is 8.64. The third-order valence-electron chi connectivity index (χ3n) is 4.43. The van der Waals surface area contributed by atoms with E-state index in [1.807, 2.05) is 0 Å². The van der Waals surface area contributed by atoms with Crippen LogP contribution >= 0.6 is 0 Å². The van der Waals surface area contributed by atoms with Gasteiger partial charge in [-0.2, -0.15) is 13.2 Å². The van der Waals surface area contributed by atoms with Crippen LogP contribution in [0.25, 0.3) is 0 Å². The van der Waals surface area contributed by atoms with Crippen LogP contribution in [-0.2, 0) is 24.1 Å². The SMILES string of the molecule is O=[N+]([O-])c1cn2c(n1)OC[C@@H](OCc1ccc(C#Cc3ccc(C(F)(F)F)cn3)nc1)C2. The average Bonchev–Trinajstić information content (AvgIpc) is 3.20. The zero-order chi connectivity index (χ0) is 22.7. The van der Waals surface area contributed by atoms with E-state index in [1.54, 1.807) is 18.3 Å². The smallest absolute Gasteiger partial charge is 0.417 e. The van der Waals surface area contributed by atoms with Gasteiger partial charge in [-0.05, 0) is 40.5 Å². The molecular weight excluding hydrogens is 431 g/mol. The molecule has 1 aliphatic rings. The van der Waals surface area contributed by atoms with E-state index in [-0.39, 0.29) is 36.8 Å². The highest BCUT2D eigenvalue weighted by atomic mass is 19.4. The molecule has 4 rings (SSSR count). The van der Waals surface area contributed by atoms with Crippen LogP contribution in [0.15, 0.2) is 42.9 Å². The molecule has 0 aromatic carbocycles. The van der Waals surface area contributed by atoms with Gasteiger partial charge in [-0.15, -0.1) is 0 Å². The number of aromatic nitrogens is 4. The van der Waals surface area contributed by atoms with Gasteiger partial charge in [0, 0.05) is 17.4 Å². The number of ether oxygens (including phenoxy) is 2. The normalized spacial score (nSPS) is 15.3. The first kappa shape index (κ1) is 21.3. The summed E-state index contributed by atoms with van der Waals surface area (Å²) in [4.78, 5) is 21.9. The average molecular weight is 445 g/mol. The molecule has 0 spiro atoms. The summed E-state index contributed by atoms with van der Waals surface area (Å²) in [6.45, 7) is 0.819. The highest BCUT2D eigenvalue weighted by Crippen LogP contribution is 2.28. The first-order valence-electron chi connectivity index (χ1n) is 9.24. The third kappa shape index (κ3) is 5.01. The molecule has 0 bridgehead atoms. The molecule has 9 nitrogen and oxygen atoms in total. The lowest BCUT2D eigenvalue weighted by molar-refractivity contribution is -0.389. The molecule has 12 heteroatoms. The van der Waals surface area contributed by atoms with Gasteiger partial charge in [0.15, 0.2) is 0 Å². The summed E-state index contributed by atoms with van der Waals surface area (Å²) in [5.74, 6) is 5.13. The van der Waals surface area contributed by atoms with Gasteiger partial charge in [-0.1, -0.05) is 6.07 Å². The van der Waals surface area contributed by atoms with E-state index >= 15 is 0 Å². The Morgan fingerprint density at radius 2 is 1.91 bits per heavy atom. The van der Waals surface area contributed by atoms with Gasteiger partial charge in [0.2, 0.25) is 0 Å². The summed E-state index contributed by atoms with van der Waals surface area (Å²) in [5, 5.41) is 10.8. The topological polar surface area (TPSA) is 105 Å². The minimum atomic E-state index is -4.44. The lowest BCUT2D eigenvalue weighted by atomic mass is 10.2. The summed E-state index contributed by atoms with van der Waals surface area (Å²) < 4.78 is 50.4. The number of fused-ring (bicyclic) bond motifs is 1. The van der Waals surface area contributed by atoms with Crippen LogP contribution < -0.4 is 4.74 Å². The van der Waals surface area contributed by atoms with Crippen LogP contribution in [-0.4, -0.2) is 37.2 Å². The van der Waals surface area contributed by atoms with Crippen molar-refractivity contribution in [2.45, 2.75) is 25.4 Å². The molecule has 0 fully saturated rings. The Morgan fingerprint density at radius 1 is 1.19 bits per heavy atom. The number of pyridine rings is 2. The quantitative estimate of drug-likeness (QED) is 0.345. The highest BCUT2D eigenvalue weighted by molar-refractivity contribution is 5.37.